The molecule has 9 heavy (non-hydrogen) atoms. The predicted octanol–water partition coefficient (Wildman–Crippen LogP) is 0.969. The van der Waals surface area contributed by atoms with Crippen molar-refractivity contribution in [1.82, 2.24) is 0 Å². The van der Waals surface area contributed by atoms with Crippen molar-refractivity contribution in [2.45, 2.75) is 25.7 Å². The van der Waals surface area contributed by atoms with Crippen LogP contribution in [-0.2, 0) is 4.79 Å². The third-order valence-electron chi connectivity index (χ3n) is 1.16. The first-order valence-electron chi connectivity index (χ1n) is 2.86. The molecule has 1 aliphatic rings. The van der Waals surface area contributed by atoms with Gasteiger partial charge in [0.05, 0.1) is 0 Å². The van der Waals surface area contributed by atoms with Crippen molar-refractivity contribution in [2.24, 2.45) is 0 Å². The van der Waals surface area contributed by atoms with E-state index in [0.29, 0.717) is 5.78 Å². The number of hydrogen-bond donors (Lipinski definition) is 1. The summed E-state index contributed by atoms with van der Waals surface area (Å²) < 4.78 is 0. The van der Waals surface area contributed by atoms with Gasteiger partial charge in [0.15, 0.2) is 0 Å². The van der Waals surface area contributed by atoms with Crippen molar-refractivity contribution >= 4 is 5.78 Å². The average Bonchev–Trinajstić information content (AvgIpc) is 2.20. The molecule has 0 atom stereocenters. The fraction of sp³-hybridized carbons (Fsp3) is 0.667. The van der Waals surface area contributed by atoms with E-state index >= 15 is 0 Å². The highest BCUT2D eigenvalue weighted by Gasteiger charge is 2.07. The van der Waals surface area contributed by atoms with E-state index < -0.39 is 0 Å². The Kier molecular flexibility index (Phi) is 4.51. The van der Waals surface area contributed by atoms with Crippen LogP contribution in [0.4, 0.5) is 0 Å². The van der Waals surface area contributed by atoms with E-state index in [9.17, 15) is 4.79 Å². The van der Waals surface area contributed by atoms with E-state index in [1.165, 1.54) is 0 Å². The number of aliphatic hydroxyl groups is 1. The number of nitrogens with zero attached hydrogens (tertiary/aromatic N) is 1. The minimum atomic E-state index is 0.454. The van der Waals surface area contributed by atoms with Crippen LogP contribution in [0.1, 0.15) is 25.7 Å². The number of carbonyl (C=O) groups excluding carboxylic acids is 1. The maximum Gasteiger partial charge on any atom is 0.283 e. The summed E-state index contributed by atoms with van der Waals surface area (Å²) in [7, 11) is 0. The van der Waals surface area contributed by atoms with Crippen molar-refractivity contribution in [3.63, 3.8) is 0 Å². The molecule has 1 N–H and O–H groups in total. The third kappa shape index (κ3) is 4.82. The highest BCUT2D eigenvalue weighted by atomic mass is 16.2. The van der Waals surface area contributed by atoms with Gasteiger partial charge in [-0.15, -0.1) is 0 Å². The lowest BCUT2D eigenvalue weighted by Gasteiger charge is -1.71. The molecule has 0 aromatic heterocycles. The van der Waals surface area contributed by atoms with Gasteiger partial charge in [0.2, 0.25) is 0 Å². The maximum absolute atomic E-state index is 10.2. The fourth-order valence-corrected chi connectivity index (χ4v) is 0.769. The van der Waals surface area contributed by atoms with Gasteiger partial charge in [0.25, 0.3) is 6.26 Å². The highest BCUT2D eigenvalue weighted by Crippen LogP contribution is 2.11. The van der Waals surface area contributed by atoms with Crippen molar-refractivity contribution in [3.8, 4) is 6.26 Å². The largest absolute Gasteiger partial charge is 0.443 e. The van der Waals surface area contributed by atoms with Crippen LogP contribution >= 0.6 is 0 Å². The number of ketones is 1. The second kappa shape index (κ2) is 5.10. The molecule has 0 unspecified atom stereocenters. The molecule has 1 rings (SSSR count). The SMILES string of the molecule is N#CO.O=C1CCCC1. The molecule has 0 aromatic carbocycles. The smallest absolute Gasteiger partial charge is 0.283 e. The molecular weight excluding hydrogens is 118 g/mol. The first kappa shape index (κ1) is 7.96. The number of rotatable bonds is 0. The summed E-state index contributed by atoms with van der Waals surface area (Å²) >= 11 is 0. The van der Waals surface area contributed by atoms with Crippen LogP contribution in [-0.4, -0.2) is 10.9 Å². The van der Waals surface area contributed by atoms with Crippen LogP contribution in [0.5, 0.6) is 0 Å². The van der Waals surface area contributed by atoms with E-state index in [-0.39, 0.29) is 0 Å². The van der Waals surface area contributed by atoms with E-state index in [1.807, 2.05) is 0 Å². The zero-order valence-electron chi connectivity index (χ0n) is 5.13. The zero-order valence-corrected chi connectivity index (χ0v) is 5.13. The summed E-state index contributed by atoms with van der Waals surface area (Å²) in [5, 5.41) is 13.8. The molecule has 1 aliphatic carbocycles. The Balaban J connectivity index is 0.000000187. The normalized spacial score (nSPS) is 15.7. The Morgan fingerprint density at radius 3 is 1.89 bits per heavy atom. The summed E-state index contributed by atoms with van der Waals surface area (Å²) in [6, 6.07) is 0. The second-order valence-corrected chi connectivity index (χ2v) is 1.85. The van der Waals surface area contributed by atoms with Gasteiger partial charge < -0.3 is 5.11 Å². The molecule has 0 amide bonds. The van der Waals surface area contributed by atoms with Crippen molar-refractivity contribution in [1.29, 1.82) is 5.26 Å². The Morgan fingerprint density at radius 2 is 1.78 bits per heavy atom. The number of nitriles is 1. The summed E-state index contributed by atoms with van der Waals surface area (Å²) in [5.41, 5.74) is 0. The standard InChI is InChI=1S/C5H8O.CHNO/c6-5-3-1-2-4-5;2-1-3/h1-4H2;3H. The summed E-state index contributed by atoms with van der Waals surface area (Å²) in [6.07, 6.45) is 4.72. The number of carbonyl (C=O) groups is 1. The lowest BCUT2D eigenvalue weighted by atomic mass is 10.4. The first-order chi connectivity index (χ1) is 4.31. The molecule has 0 saturated heterocycles. The van der Waals surface area contributed by atoms with Gasteiger partial charge in [-0.2, -0.15) is 5.26 Å². The molecule has 0 bridgehead atoms. The third-order valence-corrected chi connectivity index (χ3v) is 1.16. The van der Waals surface area contributed by atoms with Gasteiger partial charge >= 0.3 is 0 Å². The van der Waals surface area contributed by atoms with Crippen molar-refractivity contribution < 1.29 is 9.90 Å². The van der Waals surface area contributed by atoms with Gasteiger partial charge in [-0.1, -0.05) is 0 Å². The first-order valence-corrected chi connectivity index (χ1v) is 2.86. The van der Waals surface area contributed by atoms with Gasteiger partial charge in [-0.05, 0) is 12.8 Å². The monoisotopic (exact) mass is 127 g/mol. The minimum absolute atomic E-state index is 0.454. The molecule has 3 heteroatoms. The number of aliphatic hydroxyl groups excluding tert-OH is 1. The molecule has 0 spiro atoms. The van der Waals surface area contributed by atoms with E-state index in [2.05, 4.69) is 0 Å². The molecule has 0 aliphatic heterocycles. The van der Waals surface area contributed by atoms with E-state index in [4.69, 9.17) is 10.4 Å². The molecule has 0 radical (unpaired) electrons. The molecule has 50 valence electrons. The lowest BCUT2D eigenvalue weighted by molar-refractivity contribution is -0.117. The molecule has 3 nitrogen and oxygen atoms in total. The zero-order chi connectivity index (χ0) is 7.11. The van der Waals surface area contributed by atoms with Crippen LogP contribution in [0.3, 0.4) is 0 Å². The summed E-state index contributed by atoms with van der Waals surface area (Å²) in [5.74, 6) is 0.454. The van der Waals surface area contributed by atoms with Crippen LogP contribution in [0.2, 0.25) is 0 Å². The fourth-order valence-electron chi connectivity index (χ4n) is 0.769. The Labute approximate surface area is 53.9 Å². The molecule has 0 aromatic rings. The van der Waals surface area contributed by atoms with Crippen molar-refractivity contribution in [2.75, 3.05) is 0 Å². The molecule has 1 fully saturated rings. The number of Topliss-reactive ketones (excluding diaryl/α,β-unsaturated/α-hetero) is 1. The highest BCUT2D eigenvalue weighted by molar-refractivity contribution is 5.79. The van der Waals surface area contributed by atoms with Gasteiger partial charge in [0.1, 0.15) is 5.78 Å². The summed E-state index contributed by atoms with van der Waals surface area (Å²) in [6.45, 7) is 0. The van der Waals surface area contributed by atoms with Crippen LogP contribution in [0, 0.1) is 11.5 Å². The van der Waals surface area contributed by atoms with Gasteiger partial charge in [0, 0.05) is 12.8 Å². The summed E-state index contributed by atoms with van der Waals surface area (Å²) in [4.78, 5) is 10.2. The molecular formula is C6H9NO2. The van der Waals surface area contributed by atoms with Crippen LogP contribution < -0.4 is 0 Å². The Morgan fingerprint density at radius 1 is 1.44 bits per heavy atom. The number of hydrogen-bond acceptors (Lipinski definition) is 3. The quantitative estimate of drug-likeness (QED) is 0.493. The Hall–Kier alpha value is -1.04. The average molecular weight is 127 g/mol. The van der Waals surface area contributed by atoms with Gasteiger partial charge in [-0.3, -0.25) is 4.79 Å². The van der Waals surface area contributed by atoms with E-state index in [1.54, 1.807) is 0 Å². The minimum Gasteiger partial charge on any atom is -0.443 e. The topological polar surface area (TPSA) is 61.1 Å². The predicted molar refractivity (Wildman–Crippen MR) is 31.0 cm³/mol. The molecule has 1 saturated carbocycles. The lowest BCUT2D eigenvalue weighted by Crippen LogP contribution is -1.81. The van der Waals surface area contributed by atoms with Crippen LogP contribution in [0.15, 0.2) is 0 Å². The van der Waals surface area contributed by atoms with E-state index in [0.717, 1.165) is 31.9 Å². The van der Waals surface area contributed by atoms with Crippen molar-refractivity contribution in [3.05, 3.63) is 0 Å². The maximum atomic E-state index is 10.2. The second-order valence-electron chi connectivity index (χ2n) is 1.85. The Bertz CT molecular complexity index is 118. The molecule has 0 heterocycles. The van der Waals surface area contributed by atoms with Gasteiger partial charge in [-0.25, -0.2) is 0 Å². The van der Waals surface area contributed by atoms with Crippen LogP contribution in [0.25, 0.3) is 0 Å².